The predicted octanol–water partition coefficient (Wildman–Crippen LogP) is 3.76. The lowest BCUT2D eigenvalue weighted by molar-refractivity contribution is 0.0144. The molecule has 3 atom stereocenters. The molecule has 0 spiro atoms. The molecule has 1 amide bonds. The van der Waals surface area contributed by atoms with Gasteiger partial charge in [-0.2, -0.15) is 15.2 Å². The standard InChI is InChI=1S/C28H37BrN6O5/c1-28(2,3)40-27(36)35-11-10-34(14-17(35)8-9-30)25-23-20(13-19(29)18-7-6-12-38-24(18)23)31-26(32-25)39-22-16-33(4)15-21(22)37-5/h13,17,21-22H,6-8,10-12,14-16H2,1-5H3/t17-,21-,22-/m0/s1. The zero-order chi connectivity index (χ0) is 28.6. The number of methoxy groups -OCH3 is 1. The fraction of sp³-hybridized carbons (Fsp3) is 0.643. The number of piperazine rings is 1. The van der Waals surface area contributed by atoms with Gasteiger partial charge in [0.2, 0.25) is 0 Å². The van der Waals surface area contributed by atoms with Gasteiger partial charge in [-0.3, -0.25) is 4.90 Å². The van der Waals surface area contributed by atoms with E-state index in [1.54, 1.807) is 12.0 Å². The lowest BCUT2D eigenvalue weighted by atomic mass is 10.0. The summed E-state index contributed by atoms with van der Waals surface area (Å²) in [6.07, 6.45) is 1.27. The quantitative estimate of drug-likeness (QED) is 0.492. The van der Waals surface area contributed by atoms with Crippen molar-refractivity contribution in [1.82, 2.24) is 19.8 Å². The maximum Gasteiger partial charge on any atom is 0.410 e. The molecule has 0 unspecified atom stereocenters. The van der Waals surface area contributed by atoms with E-state index in [9.17, 15) is 10.1 Å². The molecule has 0 bridgehead atoms. The van der Waals surface area contributed by atoms with Crippen molar-refractivity contribution in [3.05, 3.63) is 16.1 Å². The number of carbonyl (C=O) groups excluding carboxylic acids is 1. The molecule has 40 heavy (non-hydrogen) atoms. The van der Waals surface area contributed by atoms with Crippen LogP contribution in [0.2, 0.25) is 0 Å². The normalized spacial score (nSPS) is 23.5. The van der Waals surface area contributed by atoms with Crippen LogP contribution in [0.25, 0.3) is 10.9 Å². The maximum absolute atomic E-state index is 13.0. The first kappa shape index (κ1) is 28.6. The molecule has 3 aliphatic heterocycles. The molecule has 0 saturated carbocycles. The van der Waals surface area contributed by atoms with Crippen molar-refractivity contribution >= 4 is 38.7 Å². The highest BCUT2D eigenvalue weighted by Crippen LogP contribution is 2.43. The number of fused-ring (bicyclic) bond motifs is 3. The van der Waals surface area contributed by atoms with Gasteiger partial charge in [0.05, 0.1) is 36.0 Å². The third-order valence-corrected chi connectivity index (χ3v) is 8.17. The highest BCUT2D eigenvalue weighted by molar-refractivity contribution is 9.10. The molecule has 0 radical (unpaired) electrons. The van der Waals surface area contributed by atoms with Crippen LogP contribution < -0.4 is 14.4 Å². The monoisotopic (exact) mass is 616 g/mol. The average molecular weight is 618 g/mol. The molecule has 1 aromatic heterocycles. The fourth-order valence-electron chi connectivity index (χ4n) is 5.62. The van der Waals surface area contributed by atoms with E-state index in [-0.39, 0.29) is 30.7 Å². The van der Waals surface area contributed by atoms with Gasteiger partial charge in [-0.05, 0) is 46.7 Å². The fourth-order valence-corrected chi connectivity index (χ4v) is 6.21. The van der Waals surface area contributed by atoms with Gasteiger partial charge in [0.1, 0.15) is 29.4 Å². The van der Waals surface area contributed by atoms with E-state index in [1.807, 2.05) is 33.9 Å². The molecule has 11 nitrogen and oxygen atoms in total. The van der Waals surface area contributed by atoms with Gasteiger partial charge in [0.25, 0.3) is 0 Å². The highest BCUT2D eigenvalue weighted by atomic mass is 79.9. The van der Waals surface area contributed by atoms with E-state index in [1.165, 1.54) is 0 Å². The molecule has 4 heterocycles. The molecule has 2 saturated heterocycles. The van der Waals surface area contributed by atoms with Crippen LogP contribution in [0.15, 0.2) is 10.5 Å². The molecule has 1 aromatic carbocycles. The number of likely N-dealkylation sites (tertiary alicyclic amines) is 1. The van der Waals surface area contributed by atoms with E-state index in [0.717, 1.165) is 40.6 Å². The number of halogens is 1. The number of amides is 1. The summed E-state index contributed by atoms with van der Waals surface area (Å²) < 4.78 is 24.8. The summed E-state index contributed by atoms with van der Waals surface area (Å²) in [5.41, 5.74) is 1.17. The van der Waals surface area contributed by atoms with Crippen molar-refractivity contribution in [1.29, 1.82) is 5.26 Å². The molecule has 2 aromatic rings. The van der Waals surface area contributed by atoms with Gasteiger partial charge >= 0.3 is 12.1 Å². The second-order valence-corrected chi connectivity index (χ2v) is 12.5. The molecule has 216 valence electrons. The number of hydrogen-bond acceptors (Lipinski definition) is 10. The first-order valence-corrected chi connectivity index (χ1v) is 14.5. The number of anilines is 1. The summed E-state index contributed by atoms with van der Waals surface area (Å²) in [6.45, 7) is 8.90. The Balaban J connectivity index is 1.54. The Hall–Kier alpha value is -2.88. The van der Waals surface area contributed by atoms with Crippen LogP contribution >= 0.6 is 15.9 Å². The Labute approximate surface area is 243 Å². The van der Waals surface area contributed by atoms with Gasteiger partial charge in [-0.25, -0.2) is 4.79 Å². The summed E-state index contributed by atoms with van der Waals surface area (Å²) in [6, 6.07) is 4.14. The summed E-state index contributed by atoms with van der Waals surface area (Å²) in [7, 11) is 3.72. The number of nitrogens with zero attached hydrogens (tertiary/aromatic N) is 6. The van der Waals surface area contributed by atoms with E-state index in [4.69, 9.17) is 28.9 Å². The number of likely N-dealkylation sites (N-methyl/N-ethyl adjacent to an activating group) is 1. The molecule has 0 aliphatic carbocycles. The number of carbonyl (C=O) groups is 1. The summed E-state index contributed by atoms with van der Waals surface area (Å²) in [4.78, 5) is 28.7. The number of rotatable bonds is 5. The summed E-state index contributed by atoms with van der Waals surface area (Å²) in [5, 5.41) is 10.4. The average Bonchev–Trinajstić information content (AvgIpc) is 3.26. The van der Waals surface area contributed by atoms with Crippen molar-refractivity contribution in [3.63, 3.8) is 0 Å². The van der Waals surface area contributed by atoms with E-state index >= 15 is 0 Å². The van der Waals surface area contributed by atoms with Crippen LogP contribution in [0.4, 0.5) is 10.6 Å². The molecular weight excluding hydrogens is 580 g/mol. The third kappa shape index (κ3) is 5.92. The molecule has 3 aliphatic rings. The van der Waals surface area contributed by atoms with E-state index in [2.05, 4.69) is 31.8 Å². The minimum atomic E-state index is -0.626. The van der Waals surface area contributed by atoms with Crippen molar-refractivity contribution in [2.24, 2.45) is 0 Å². The number of aromatic nitrogens is 2. The van der Waals surface area contributed by atoms with Gasteiger partial charge in [0.15, 0.2) is 0 Å². The zero-order valence-electron chi connectivity index (χ0n) is 23.8. The number of benzene rings is 1. The van der Waals surface area contributed by atoms with Crippen LogP contribution in [0.3, 0.4) is 0 Å². The Morgan fingerprint density at radius 2 is 2.00 bits per heavy atom. The van der Waals surface area contributed by atoms with E-state index < -0.39 is 11.7 Å². The molecule has 12 heteroatoms. The molecular formula is C28H37BrN6O5. The highest BCUT2D eigenvalue weighted by Gasteiger charge is 2.37. The van der Waals surface area contributed by atoms with Crippen LogP contribution in [0.1, 0.15) is 39.2 Å². The van der Waals surface area contributed by atoms with Crippen molar-refractivity contribution in [3.8, 4) is 17.8 Å². The molecule has 0 N–H and O–H groups in total. The first-order chi connectivity index (χ1) is 19.1. The SMILES string of the molecule is CO[C@H]1CN(C)C[C@@H]1Oc1nc(N2CCN(C(=O)OC(C)(C)C)[C@@H](CC#N)C2)c2c3c(c(Br)cc2n1)CCCO3. The minimum absolute atomic E-state index is 0.0938. The van der Waals surface area contributed by atoms with Gasteiger partial charge < -0.3 is 28.7 Å². The van der Waals surface area contributed by atoms with Gasteiger partial charge in [-0.15, -0.1) is 0 Å². The van der Waals surface area contributed by atoms with Crippen molar-refractivity contribution in [2.45, 2.75) is 63.9 Å². The lowest BCUT2D eigenvalue weighted by Crippen LogP contribution is -2.56. The zero-order valence-corrected chi connectivity index (χ0v) is 25.4. The smallest absolute Gasteiger partial charge is 0.410 e. The minimum Gasteiger partial charge on any atom is -0.492 e. The Kier molecular flexibility index (Phi) is 8.27. The molecule has 5 rings (SSSR count). The second-order valence-electron chi connectivity index (χ2n) is 11.6. The number of nitriles is 1. The second kappa shape index (κ2) is 11.5. The van der Waals surface area contributed by atoms with Gasteiger partial charge in [0, 0.05) is 49.9 Å². The number of hydrogen-bond donors (Lipinski definition) is 0. The van der Waals surface area contributed by atoms with Crippen LogP contribution in [-0.2, 0) is 15.9 Å². The first-order valence-electron chi connectivity index (χ1n) is 13.7. The van der Waals surface area contributed by atoms with Crippen LogP contribution in [0.5, 0.6) is 11.8 Å². The molecule has 2 fully saturated rings. The van der Waals surface area contributed by atoms with E-state index in [0.29, 0.717) is 44.1 Å². The third-order valence-electron chi connectivity index (χ3n) is 7.46. The number of ether oxygens (including phenoxy) is 4. The Morgan fingerprint density at radius 3 is 2.73 bits per heavy atom. The predicted molar refractivity (Wildman–Crippen MR) is 153 cm³/mol. The largest absolute Gasteiger partial charge is 0.492 e. The Morgan fingerprint density at radius 1 is 1.23 bits per heavy atom. The topological polar surface area (TPSA) is 113 Å². The van der Waals surface area contributed by atoms with Gasteiger partial charge in [-0.1, -0.05) is 15.9 Å². The summed E-state index contributed by atoms with van der Waals surface area (Å²) >= 11 is 3.73. The van der Waals surface area contributed by atoms with Crippen LogP contribution in [0, 0.1) is 11.3 Å². The van der Waals surface area contributed by atoms with Crippen molar-refractivity contribution < 1.29 is 23.7 Å². The van der Waals surface area contributed by atoms with Crippen LogP contribution in [-0.4, -0.2) is 103 Å². The van der Waals surface area contributed by atoms with Crippen molar-refractivity contribution in [2.75, 3.05) is 58.4 Å². The maximum atomic E-state index is 13.0. The summed E-state index contributed by atoms with van der Waals surface area (Å²) in [5.74, 6) is 1.46. The Bertz CT molecular complexity index is 1310. The lowest BCUT2D eigenvalue weighted by Gasteiger charge is -2.41.